The molecule has 12 heteroatoms. The van der Waals surface area contributed by atoms with E-state index in [1.165, 1.54) is 33.5 Å². The van der Waals surface area contributed by atoms with Gasteiger partial charge < -0.3 is 14.4 Å². The average molecular weight is 482 g/mol. The van der Waals surface area contributed by atoms with E-state index in [4.69, 9.17) is 21.1 Å². The number of carbonyl (C=O) groups is 1. The maximum atomic E-state index is 13.0. The highest BCUT2D eigenvalue weighted by molar-refractivity contribution is 7.89. The maximum absolute atomic E-state index is 13.0. The number of amides is 1. The minimum Gasteiger partial charge on any atom is -0.489 e. The van der Waals surface area contributed by atoms with Crippen molar-refractivity contribution in [2.24, 2.45) is 0 Å². The number of sulfonamides is 1. The van der Waals surface area contributed by atoms with Crippen molar-refractivity contribution in [1.82, 2.24) is 9.21 Å². The van der Waals surface area contributed by atoms with Gasteiger partial charge in [0, 0.05) is 50.3 Å². The molecule has 0 saturated carbocycles. The Hall–Kier alpha value is -2.89. The smallest absolute Gasteiger partial charge is 0.270 e. The highest BCUT2D eigenvalue weighted by Crippen LogP contribution is 2.38. The molecule has 1 saturated heterocycles. The van der Waals surface area contributed by atoms with Gasteiger partial charge in [-0.25, -0.2) is 8.42 Å². The molecule has 2 aliphatic heterocycles. The molecule has 2 aromatic carbocycles. The Kier molecular flexibility index (Phi) is 6.22. The molecule has 0 bridgehead atoms. The predicted octanol–water partition coefficient (Wildman–Crippen LogP) is 2.56. The fourth-order valence-electron chi connectivity index (χ4n) is 3.57. The number of nitro benzene ring substituents is 1. The third-order valence-electron chi connectivity index (χ3n) is 5.24. The molecule has 0 radical (unpaired) electrons. The summed E-state index contributed by atoms with van der Waals surface area (Å²) >= 11 is 6.28. The number of benzene rings is 2. The van der Waals surface area contributed by atoms with Gasteiger partial charge in [0.25, 0.3) is 11.6 Å². The molecule has 2 heterocycles. The molecule has 4 rings (SSSR count). The summed E-state index contributed by atoms with van der Waals surface area (Å²) in [5.41, 5.74) is 0.0282. The fourth-order valence-corrected chi connectivity index (χ4v) is 5.30. The van der Waals surface area contributed by atoms with Gasteiger partial charge in [0.2, 0.25) is 10.0 Å². The van der Waals surface area contributed by atoms with E-state index in [1.807, 2.05) is 0 Å². The molecule has 0 aromatic heterocycles. The van der Waals surface area contributed by atoms with Gasteiger partial charge in [-0.15, -0.1) is 0 Å². The van der Waals surface area contributed by atoms with Crippen LogP contribution >= 0.6 is 11.6 Å². The van der Waals surface area contributed by atoms with Gasteiger partial charge in [0.1, 0.15) is 0 Å². The first-order chi connectivity index (χ1) is 15.3. The topological polar surface area (TPSA) is 119 Å². The molecule has 170 valence electrons. The van der Waals surface area contributed by atoms with Gasteiger partial charge in [-0.05, 0) is 18.2 Å². The minimum absolute atomic E-state index is 0.0645. The quantitative estimate of drug-likeness (QED) is 0.486. The highest BCUT2D eigenvalue weighted by atomic mass is 35.5. The fraction of sp³-hybridized carbons (Fsp3) is 0.350. The molecule has 0 unspecified atom stereocenters. The first kappa shape index (κ1) is 22.3. The van der Waals surface area contributed by atoms with Crippen LogP contribution in [-0.2, 0) is 10.0 Å². The van der Waals surface area contributed by atoms with Gasteiger partial charge in [0.05, 0.1) is 28.1 Å². The van der Waals surface area contributed by atoms with Crippen LogP contribution in [-0.4, -0.2) is 67.8 Å². The summed E-state index contributed by atoms with van der Waals surface area (Å²) in [6, 6.07) is 8.02. The maximum Gasteiger partial charge on any atom is 0.270 e. The summed E-state index contributed by atoms with van der Waals surface area (Å²) in [5.74, 6) is 0.522. The van der Waals surface area contributed by atoms with E-state index >= 15 is 0 Å². The number of rotatable bonds is 4. The number of hydrogen-bond donors (Lipinski definition) is 0. The summed E-state index contributed by atoms with van der Waals surface area (Å²) < 4.78 is 38.2. The second-order valence-electron chi connectivity index (χ2n) is 7.29. The molecule has 2 aliphatic rings. The van der Waals surface area contributed by atoms with Crippen molar-refractivity contribution in [1.29, 1.82) is 0 Å². The third-order valence-corrected chi connectivity index (χ3v) is 7.42. The van der Waals surface area contributed by atoms with E-state index in [0.29, 0.717) is 36.7 Å². The van der Waals surface area contributed by atoms with Crippen molar-refractivity contribution < 1.29 is 27.6 Å². The standard InChI is InChI=1S/C20H20ClN3O7S/c21-17-11-14(12-18-19(17)31-10-2-9-30-18)20(25)22-5-7-23(8-6-22)32(28,29)16-4-1-3-15(13-16)24(26)27/h1,3-4,11-13H,2,5-10H2. The number of ether oxygens (including phenoxy) is 2. The second kappa shape index (κ2) is 8.93. The Morgan fingerprint density at radius 2 is 1.78 bits per heavy atom. The van der Waals surface area contributed by atoms with Crippen LogP contribution in [0.5, 0.6) is 11.5 Å². The molecule has 2 aromatic rings. The highest BCUT2D eigenvalue weighted by Gasteiger charge is 2.32. The van der Waals surface area contributed by atoms with Crippen LogP contribution in [0.4, 0.5) is 5.69 Å². The molecule has 1 fully saturated rings. The van der Waals surface area contributed by atoms with Gasteiger partial charge in [-0.2, -0.15) is 4.31 Å². The predicted molar refractivity (Wildman–Crippen MR) is 115 cm³/mol. The van der Waals surface area contributed by atoms with Gasteiger partial charge in [-0.1, -0.05) is 17.7 Å². The van der Waals surface area contributed by atoms with Crippen LogP contribution in [0.25, 0.3) is 0 Å². The summed E-state index contributed by atoms with van der Waals surface area (Å²) in [7, 11) is -3.92. The summed E-state index contributed by atoms with van der Waals surface area (Å²) in [4.78, 5) is 24.7. The Morgan fingerprint density at radius 1 is 1.06 bits per heavy atom. The largest absolute Gasteiger partial charge is 0.489 e. The molecule has 0 aliphatic carbocycles. The molecule has 0 spiro atoms. The molecule has 32 heavy (non-hydrogen) atoms. The van der Waals surface area contributed by atoms with Crippen molar-refractivity contribution in [3.05, 3.63) is 57.1 Å². The zero-order valence-corrected chi connectivity index (χ0v) is 18.5. The van der Waals surface area contributed by atoms with Crippen molar-refractivity contribution in [2.45, 2.75) is 11.3 Å². The minimum atomic E-state index is -3.92. The number of piperazine rings is 1. The molecular weight excluding hydrogens is 462 g/mol. The van der Waals surface area contributed by atoms with E-state index in [9.17, 15) is 23.3 Å². The summed E-state index contributed by atoms with van der Waals surface area (Å²) in [6.45, 7) is 1.39. The van der Waals surface area contributed by atoms with Crippen molar-refractivity contribution >= 4 is 33.2 Å². The lowest BCUT2D eigenvalue weighted by atomic mass is 10.1. The lowest BCUT2D eigenvalue weighted by Gasteiger charge is -2.34. The molecule has 0 N–H and O–H groups in total. The zero-order chi connectivity index (χ0) is 22.9. The normalized spacial score (nSPS) is 17.0. The molecule has 10 nitrogen and oxygen atoms in total. The first-order valence-electron chi connectivity index (χ1n) is 9.90. The van der Waals surface area contributed by atoms with Crippen molar-refractivity contribution in [3.63, 3.8) is 0 Å². The molecule has 1 amide bonds. The van der Waals surface area contributed by atoms with E-state index in [0.717, 1.165) is 6.07 Å². The van der Waals surface area contributed by atoms with Gasteiger partial charge in [0.15, 0.2) is 11.5 Å². The first-order valence-corrected chi connectivity index (χ1v) is 11.7. The second-order valence-corrected chi connectivity index (χ2v) is 9.63. The van der Waals surface area contributed by atoms with E-state index in [-0.39, 0.29) is 47.7 Å². The number of non-ortho nitro benzene ring substituents is 1. The SMILES string of the molecule is O=C(c1cc(Cl)c2c(c1)OCCCO2)N1CCN(S(=O)(=O)c2cccc([N+](=O)[O-])c2)CC1. The lowest BCUT2D eigenvalue weighted by molar-refractivity contribution is -0.385. The monoisotopic (exact) mass is 481 g/mol. The summed E-state index contributed by atoms with van der Waals surface area (Å²) in [5, 5.41) is 11.2. The number of carbonyl (C=O) groups excluding carboxylic acids is 1. The van der Waals surface area contributed by atoms with Gasteiger partial charge >= 0.3 is 0 Å². The van der Waals surface area contributed by atoms with Crippen LogP contribution in [0.1, 0.15) is 16.8 Å². The van der Waals surface area contributed by atoms with Gasteiger partial charge in [-0.3, -0.25) is 14.9 Å². The zero-order valence-electron chi connectivity index (χ0n) is 16.9. The number of nitrogens with zero attached hydrogens (tertiary/aromatic N) is 3. The molecular formula is C20H20ClN3O7S. The Balaban J connectivity index is 1.47. The summed E-state index contributed by atoms with van der Waals surface area (Å²) in [6.07, 6.45) is 0.704. The lowest BCUT2D eigenvalue weighted by Crippen LogP contribution is -2.50. The van der Waals surface area contributed by atoms with E-state index in [2.05, 4.69) is 0 Å². The molecule has 0 atom stereocenters. The van der Waals surface area contributed by atoms with Crippen LogP contribution in [0.2, 0.25) is 5.02 Å². The van der Waals surface area contributed by atoms with Crippen LogP contribution in [0.3, 0.4) is 0 Å². The van der Waals surface area contributed by atoms with Crippen molar-refractivity contribution in [2.75, 3.05) is 39.4 Å². The van der Waals surface area contributed by atoms with E-state index < -0.39 is 14.9 Å². The number of nitro groups is 1. The average Bonchev–Trinajstić information content (AvgIpc) is 3.04. The van der Waals surface area contributed by atoms with E-state index in [1.54, 1.807) is 6.07 Å². The number of halogens is 1. The van der Waals surface area contributed by atoms with Crippen LogP contribution in [0.15, 0.2) is 41.3 Å². The van der Waals surface area contributed by atoms with Crippen LogP contribution in [0, 0.1) is 10.1 Å². The Labute approximate surface area is 189 Å². The number of hydrogen-bond acceptors (Lipinski definition) is 7. The van der Waals surface area contributed by atoms with Crippen LogP contribution < -0.4 is 9.47 Å². The number of fused-ring (bicyclic) bond motifs is 1. The van der Waals surface area contributed by atoms with Crippen molar-refractivity contribution in [3.8, 4) is 11.5 Å². The Morgan fingerprint density at radius 3 is 2.50 bits per heavy atom. The Bertz CT molecular complexity index is 1160. The third kappa shape index (κ3) is 4.36.